The molecule has 2 heterocycles. The SMILES string of the molecule is C=C(C(=O)O[C@H]1C[C@]2(C)O[C@H]2C[C@H](OC(C)=O)/C(CO)=C/[C@H]2OC(=O)C(=C)[C@H]12)C(O)CO. The predicted molar refractivity (Wildman–Crippen MR) is 108 cm³/mol. The molecule has 32 heavy (non-hydrogen) atoms. The first kappa shape index (κ1) is 24.1. The molecule has 0 aromatic carbocycles. The van der Waals surface area contributed by atoms with Gasteiger partial charge in [0.15, 0.2) is 0 Å². The average molecular weight is 452 g/mol. The van der Waals surface area contributed by atoms with Crippen LogP contribution in [0.2, 0.25) is 0 Å². The van der Waals surface area contributed by atoms with Crippen LogP contribution in [-0.4, -0.2) is 82.6 Å². The van der Waals surface area contributed by atoms with E-state index in [0.29, 0.717) is 5.57 Å². The van der Waals surface area contributed by atoms with E-state index < -0.39 is 67.1 Å². The molecule has 2 aliphatic heterocycles. The number of rotatable bonds is 6. The van der Waals surface area contributed by atoms with Crippen molar-refractivity contribution in [2.24, 2.45) is 5.92 Å². The number of carbonyl (C=O) groups excluding carboxylic acids is 3. The fourth-order valence-corrected chi connectivity index (χ4v) is 4.19. The molecule has 2 fully saturated rings. The van der Waals surface area contributed by atoms with Crippen molar-refractivity contribution in [1.82, 2.24) is 0 Å². The molecule has 10 nitrogen and oxygen atoms in total. The lowest BCUT2D eigenvalue weighted by atomic mass is 9.82. The fraction of sp³-hybridized carbons (Fsp3) is 0.591. The molecule has 176 valence electrons. The number of ether oxygens (including phenoxy) is 4. The van der Waals surface area contributed by atoms with Crippen LogP contribution in [0.3, 0.4) is 0 Å². The Morgan fingerprint density at radius 2 is 2.03 bits per heavy atom. The average Bonchev–Trinajstić information content (AvgIpc) is 3.27. The minimum absolute atomic E-state index is 0.0695. The summed E-state index contributed by atoms with van der Waals surface area (Å²) in [5, 5.41) is 28.7. The first-order valence-electron chi connectivity index (χ1n) is 10.3. The van der Waals surface area contributed by atoms with Crippen LogP contribution in [0.15, 0.2) is 36.0 Å². The van der Waals surface area contributed by atoms with E-state index in [0.717, 1.165) is 0 Å². The number of hydrogen-bond donors (Lipinski definition) is 3. The Labute approximate surface area is 185 Å². The molecule has 7 atom stereocenters. The van der Waals surface area contributed by atoms with Crippen molar-refractivity contribution in [2.75, 3.05) is 13.2 Å². The van der Waals surface area contributed by atoms with Crippen LogP contribution in [0.25, 0.3) is 0 Å². The van der Waals surface area contributed by atoms with Crippen LogP contribution in [-0.2, 0) is 33.3 Å². The van der Waals surface area contributed by atoms with Crippen LogP contribution < -0.4 is 0 Å². The third-order valence-corrected chi connectivity index (χ3v) is 6.11. The molecule has 0 spiro atoms. The van der Waals surface area contributed by atoms with Gasteiger partial charge < -0.3 is 34.3 Å². The van der Waals surface area contributed by atoms with E-state index in [1.54, 1.807) is 6.92 Å². The summed E-state index contributed by atoms with van der Waals surface area (Å²) in [6, 6.07) is 0. The zero-order valence-electron chi connectivity index (χ0n) is 18.0. The van der Waals surface area contributed by atoms with Crippen molar-refractivity contribution in [2.45, 2.75) is 62.8 Å². The third kappa shape index (κ3) is 4.78. The highest BCUT2D eigenvalue weighted by Gasteiger charge is 2.58. The third-order valence-electron chi connectivity index (χ3n) is 6.11. The van der Waals surface area contributed by atoms with Crippen molar-refractivity contribution >= 4 is 17.9 Å². The summed E-state index contributed by atoms with van der Waals surface area (Å²) in [5.74, 6) is -2.98. The Morgan fingerprint density at radius 3 is 2.62 bits per heavy atom. The van der Waals surface area contributed by atoms with Gasteiger partial charge in [-0.1, -0.05) is 13.2 Å². The van der Waals surface area contributed by atoms with Gasteiger partial charge in [-0.2, -0.15) is 0 Å². The number of carbonyl (C=O) groups is 3. The Bertz CT molecular complexity index is 861. The lowest BCUT2D eigenvalue weighted by Crippen LogP contribution is -2.39. The summed E-state index contributed by atoms with van der Waals surface area (Å²) in [4.78, 5) is 36.5. The number of hydrogen-bond acceptors (Lipinski definition) is 10. The molecule has 1 unspecified atom stereocenters. The van der Waals surface area contributed by atoms with Gasteiger partial charge in [0, 0.05) is 25.3 Å². The molecule has 3 aliphatic rings. The molecule has 0 saturated carbocycles. The number of aliphatic hydroxyl groups excluding tert-OH is 3. The monoisotopic (exact) mass is 452 g/mol. The molecular weight excluding hydrogens is 424 g/mol. The Morgan fingerprint density at radius 1 is 1.34 bits per heavy atom. The van der Waals surface area contributed by atoms with Gasteiger partial charge in [-0.05, 0) is 18.6 Å². The summed E-state index contributed by atoms with van der Waals surface area (Å²) < 4.78 is 22.2. The maximum atomic E-state index is 12.6. The molecule has 1 aliphatic carbocycles. The summed E-state index contributed by atoms with van der Waals surface area (Å²) in [6.45, 7) is 9.13. The molecule has 0 radical (unpaired) electrons. The number of esters is 3. The van der Waals surface area contributed by atoms with E-state index in [2.05, 4.69) is 13.2 Å². The highest BCUT2D eigenvalue weighted by atomic mass is 16.6. The standard InChI is InChI=1S/C22H28O10/c1-10(14(26)9-24)20(27)31-17-7-22(4)18(32-22)6-15(29-12(3)25)13(8-23)5-16-19(17)11(2)21(28)30-16/h5,14-19,23-24,26H,1-2,6-9H2,3-4H3/b13-5+/t14?,15-,16+,17-,18-,19-,22-/m0/s1. The Kier molecular flexibility index (Phi) is 6.89. The van der Waals surface area contributed by atoms with Crippen molar-refractivity contribution in [1.29, 1.82) is 0 Å². The molecule has 0 bridgehead atoms. The van der Waals surface area contributed by atoms with Crippen molar-refractivity contribution < 1.29 is 48.7 Å². The van der Waals surface area contributed by atoms with Gasteiger partial charge in [-0.15, -0.1) is 0 Å². The van der Waals surface area contributed by atoms with Gasteiger partial charge in [-0.25, -0.2) is 9.59 Å². The van der Waals surface area contributed by atoms with Gasteiger partial charge >= 0.3 is 17.9 Å². The van der Waals surface area contributed by atoms with Gasteiger partial charge in [0.2, 0.25) is 0 Å². The second kappa shape index (κ2) is 9.14. The maximum Gasteiger partial charge on any atom is 0.336 e. The fourth-order valence-electron chi connectivity index (χ4n) is 4.19. The van der Waals surface area contributed by atoms with Crippen LogP contribution in [0.5, 0.6) is 0 Å². The lowest BCUT2D eigenvalue weighted by molar-refractivity contribution is -0.150. The van der Waals surface area contributed by atoms with Crippen LogP contribution in [0, 0.1) is 5.92 Å². The first-order valence-corrected chi connectivity index (χ1v) is 10.3. The zero-order valence-corrected chi connectivity index (χ0v) is 18.0. The minimum Gasteiger partial charge on any atom is -0.458 e. The number of fused-ring (bicyclic) bond motifs is 2. The highest BCUT2D eigenvalue weighted by molar-refractivity contribution is 5.92. The van der Waals surface area contributed by atoms with E-state index in [4.69, 9.17) is 24.1 Å². The second-order valence-electron chi connectivity index (χ2n) is 8.45. The number of aliphatic hydroxyl groups is 3. The van der Waals surface area contributed by atoms with E-state index in [1.807, 2.05) is 0 Å². The second-order valence-corrected chi connectivity index (χ2v) is 8.45. The predicted octanol–water partition coefficient (Wildman–Crippen LogP) is -0.293. The van der Waals surface area contributed by atoms with E-state index in [1.165, 1.54) is 13.0 Å². The van der Waals surface area contributed by atoms with Crippen LogP contribution in [0.1, 0.15) is 26.7 Å². The molecule has 0 aromatic heterocycles. The molecule has 0 amide bonds. The zero-order chi connectivity index (χ0) is 23.8. The maximum absolute atomic E-state index is 12.6. The van der Waals surface area contributed by atoms with Crippen molar-refractivity contribution in [3.05, 3.63) is 36.0 Å². The largest absolute Gasteiger partial charge is 0.458 e. The van der Waals surface area contributed by atoms with Gasteiger partial charge in [0.25, 0.3) is 0 Å². The van der Waals surface area contributed by atoms with E-state index in [-0.39, 0.29) is 30.1 Å². The van der Waals surface area contributed by atoms with Crippen LogP contribution in [0.4, 0.5) is 0 Å². The molecule has 3 rings (SSSR count). The number of epoxide rings is 1. The summed E-state index contributed by atoms with van der Waals surface area (Å²) in [6.07, 6.45) is -2.61. The topological polar surface area (TPSA) is 152 Å². The highest BCUT2D eigenvalue weighted by Crippen LogP contribution is 2.48. The molecule has 3 N–H and O–H groups in total. The first-order chi connectivity index (χ1) is 15.0. The Balaban J connectivity index is 1.98. The lowest BCUT2D eigenvalue weighted by Gasteiger charge is -2.30. The normalized spacial score (nSPS) is 36.5. The van der Waals surface area contributed by atoms with Crippen LogP contribution >= 0.6 is 0 Å². The summed E-state index contributed by atoms with van der Waals surface area (Å²) in [7, 11) is 0. The quantitative estimate of drug-likeness (QED) is 0.161. The van der Waals surface area contributed by atoms with E-state index in [9.17, 15) is 24.6 Å². The van der Waals surface area contributed by atoms with Crippen molar-refractivity contribution in [3.8, 4) is 0 Å². The van der Waals surface area contributed by atoms with E-state index >= 15 is 0 Å². The molecule has 10 heteroatoms. The summed E-state index contributed by atoms with van der Waals surface area (Å²) in [5.41, 5.74) is -0.714. The smallest absolute Gasteiger partial charge is 0.336 e. The van der Waals surface area contributed by atoms with Gasteiger partial charge in [0.1, 0.15) is 24.4 Å². The van der Waals surface area contributed by atoms with Gasteiger partial charge in [-0.3, -0.25) is 4.79 Å². The van der Waals surface area contributed by atoms with Crippen molar-refractivity contribution in [3.63, 3.8) is 0 Å². The summed E-state index contributed by atoms with van der Waals surface area (Å²) >= 11 is 0. The molecular formula is C22H28O10. The Hall–Kier alpha value is -2.53. The molecule has 0 aromatic rings. The molecule has 2 saturated heterocycles. The van der Waals surface area contributed by atoms with Gasteiger partial charge in [0.05, 0.1) is 36.4 Å². The minimum atomic E-state index is -1.49.